The molecule has 0 atom stereocenters. The van der Waals surface area contributed by atoms with Gasteiger partial charge in [-0.1, -0.05) is 23.2 Å². The Kier molecular flexibility index (Phi) is 4.26. The highest BCUT2D eigenvalue weighted by atomic mass is 35.5. The van der Waals surface area contributed by atoms with Gasteiger partial charge in [-0.2, -0.15) is 5.26 Å². The van der Waals surface area contributed by atoms with Crippen LogP contribution in [0.5, 0.6) is 0 Å². The van der Waals surface area contributed by atoms with Crippen LogP contribution in [0.2, 0.25) is 10.0 Å². The molecule has 1 heterocycles. The molecule has 22 heavy (non-hydrogen) atoms. The summed E-state index contributed by atoms with van der Waals surface area (Å²) >= 11 is 11.2. The monoisotopic (exact) mass is 345 g/mol. The SMILES string of the molecule is COC(=O)c1c(N)c(C#N)cn1-c1cc(F)c(Cl)c(F)c1Cl. The van der Waals surface area contributed by atoms with Crippen LogP contribution >= 0.6 is 23.2 Å². The Hall–Kier alpha value is -2.30. The number of aromatic nitrogens is 1. The molecule has 0 aliphatic carbocycles. The first-order valence-electron chi connectivity index (χ1n) is 5.66. The van der Waals surface area contributed by atoms with Crippen molar-refractivity contribution in [2.24, 2.45) is 0 Å². The molecule has 0 fully saturated rings. The topological polar surface area (TPSA) is 81.0 Å². The van der Waals surface area contributed by atoms with E-state index in [2.05, 4.69) is 4.74 Å². The summed E-state index contributed by atoms with van der Waals surface area (Å²) in [4.78, 5) is 11.8. The first-order chi connectivity index (χ1) is 10.3. The molecule has 1 aromatic heterocycles. The van der Waals surface area contributed by atoms with Gasteiger partial charge in [0.2, 0.25) is 0 Å². The maximum Gasteiger partial charge on any atom is 0.357 e. The number of nitrogens with two attached hydrogens (primary N) is 1. The lowest BCUT2D eigenvalue weighted by molar-refractivity contribution is 0.0593. The highest BCUT2D eigenvalue weighted by Gasteiger charge is 2.25. The second kappa shape index (κ2) is 5.83. The van der Waals surface area contributed by atoms with Crippen LogP contribution in [-0.4, -0.2) is 17.6 Å². The van der Waals surface area contributed by atoms with Crippen molar-refractivity contribution in [3.63, 3.8) is 0 Å². The number of methoxy groups -OCH3 is 1. The zero-order valence-electron chi connectivity index (χ0n) is 11.0. The van der Waals surface area contributed by atoms with Crippen LogP contribution in [0.1, 0.15) is 16.1 Å². The zero-order chi connectivity index (χ0) is 16.6. The number of ether oxygens (including phenoxy) is 1. The Labute approximate surface area is 133 Å². The predicted molar refractivity (Wildman–Crippen MR) is 76.2 cm³/mol. The molecule has 0 aliphatic heterocycles. The summed E-state index contributed by atoms with van der Waals surface area (Å²) in [5.74, 6) is -3.18. The molecule has 0 spiro atoms. The smallest absolute Gasteiger partial charge is 0.357 e. The number of carbonyl (C=O) groups is 1. The van der Waals surface area contributed by atoms with E-state index in [0.29, 0.717) is 0 Å². The largest absolute Gasteiger partial charge is 0.464 e. The van der Waals surface area contributed by atoms with E-state index in [4.69, 9.17) is 34.2 Å². The lowest BCUT2D eigenvalue weighted by atomic mass is 10.2. The van der Waals surface area contributed by atoms with Crippen LogP contribution in [0, 0.1) is 23.0 Å². The van der Waals surface area contributed by atoms with Crippen molar-refractivity contribution in [1.29, 1.82) is 5.26 Å². The Bertz CT molecular complexity index is 828. The number of esters is 1. The van der Waals surface area contributed by atoms with Gasteiger partial charge < -0.3 is 15.0 Å². The fraction of sp³-hybridized carbons (Fsp3) is 0.0769. The summed E-state index contributed by atoms with van der Waals surface area (Å²) in [6.07, 6.45) is 1.12. The Morgan fingerprint density at radius 2 is 2.05 bits per heavy atom. The predicted octanol–water partition coefficient (Wildman–Crippen LogP) is 3.30. The zero-order valence-corrected chi connectivity index (χ0v) is 12.5. The Morgan fingerprint density at radius 3 is 2.59 bits per heavy atom. The molecule has 2 rings (SSSR count). The minimum Gasteiger partial charge on any atom is -0.464 e. The molecule has 9 heteroatoms. The molecule has 0 unspecified atom stereocenters. The van der Waals surface area contributed by atoms with Crippen molar-refractivity contribution in [3.05, 3.63) is 45.2 Å². The fourth-order valence-corrected chi connectivity index (χ4v) is 2.28. The molecule has 0 saturated carbocycles. The first kappa shape index (κ1) is 16.1. The maximum atomic E-state index is 13.8. The van der Waals surface area contributed by atoms with E-state index in [1.165, 1.54) is 0 Å². The summed E-state index contributed by atoms with van der Waals surface area (Å²) in [5, 5.41) is 7.67. The van der Waals surface area contributed by atoms with Crippen molar-refractivity contribution in [2.75, 3.05) is 12.8 Å². The second-order valence-electron chi connectivity index (χ2n) is 4.10. The Balaban J connectivity index is 2.85. The number of benzene rings is 1. The van der Waals surface area contributed by atoms with E-state index in [1.54, 1.807) is 6.07 Å². The van der Waals surface area contributed by atoms with Gasteiger partial charge in [-0.25, -0.2) is 13.6 Å². The van der Waals surface area contributed by atoms with Gasteiger partial charge in [-0.05, 0) is 0 Å². The number of hydrogen-bond acceptors (Lipinski definition) is 4. The van der Waals surface area contributed by atoms with Crippen LogP contribution in [0.15, 0.2) is 12.3 Å². The average molecular weight is 346 g/mol. The van der Waals surface area contributed by atoms with Crippen molar-refractivity contribution in [1.82, 2.24) is 4.57 Å². The van der Waals surface area contributed by atoms with Gasteiger partial charge in [0.05, 0.1) is 24.0 Å². The van der Waals surface area contributed by atoms with Crippen LogP contribution in [-0.2, 0) is 4.74 Å². The molecule has 5 nitrogen and oxygen atoms in total. The van der Waals surface area contributed by atoms with E-state index in [9.17, 15) is 13.6 Å². The second-order valence-corrected chi connectivity index (χ2v) is 4.85. The van der Waals surface area contributed by atoms with E-state index < -0.39 is 27.6 Å². The molecule has 0 amide bonds. The number of halogens is 4. The molecule has 0 radical (unpaired) electrons. The normalized spacial score (nSPS) is 10.4. The first-order valence-corrected chi connectivity index (χ1v) is 6.41. The summed E-state index contributed by atoms with van der Waals surface area (Å²) in [5.41, 5.74) is 4.90. The van der Waals surface area contributed by atoms with Gasteiger partial charge in [0.15, 0.2) is 11.5 Å². The van der Waals surface area contributed by atoms with Gasteiger partial charge in [0.25, 0.3) is 0 Å². The minimum atomic E-state index is -1.19. The van der Waals surface area contributed by atoms with Crippen LogP contribution < -0.4 is 5.73 Å². The van der Waals surface area contributed by atoms with Crippen molar-refractivity contribution in [2.45, 2.75) is 0 Å². The van der Waals surface area contributed by atoms with Gasteiger partial charge in [0.1, 0.15) is 21.9 Å². The van der Waals surface area contributed by atoms with Crippen LogP contribution in [0.3, 0.4) is 0 Å². The third-order valence-electron chi connectivity index (χ3n) is 2.89. The number of anilines is 1. The van der Waals surface area contributed by atoms with Crippen molar-refractivity contribution >= 4 is 34.9 Å². The van der Waals surface area contributed by atoms with E-state index in [1.807, 2.05) is 0 Å². The number of nitrogen functional groups attached to an aromatic ring is 1. The maximum absolute atomic E-state index is 13.8. The summed E-state index contributed by atoms with van der Waals surface area (Å²) in [7, 11) is 1.09. The standard InChI is InChI=1S/C13H7Cl2F2N3O2/c1-22-13(21)12-11(19)5(3-18)4-20(12)7-2-6(16)8(14)10(17)9(7)15/h2,4H,19H2,1H3. The molecule has 2 N–H and O–H groups in total. The van der Waals surface area contributed by atoms with Gasteiger partial charge in [0, 0.05) is 12.3 Å². The van der Waals surface area contributed by atoms with E-state index >= 15 is 0 Å². The molecule has 0 bridgehead atoms. The highest BCUT2D eigenvalue weighted by Crippen LogP contribution is 2.34. The third-order valence-corrected chi connectivity index (χ3v) is 3.59. The minimum absolute atomic E-state index is 0.0766. The van der Waals surface area contributed by atoms with Gasteiger partial charge in [-0.15, -0.1) is 0 Å². The number of hydrogen-bond donors (Lipinski definition) is 1. The number of nitrogens with zero attached hydrogens (tertiary/aromatic N) is 2. The summed E-state index contributed by atoms with van der Waals surface area (Å²) in [6.45, 7) is 0. The highest BCUT2D eigenvalue weighted by molar-refractivity contribution is 6.36. The third kappa shape index (κ3) is 2.36. The van der Waals surface area contributed by atoms with Crippen LogP contribution in [0.4, 0.5) is 14.5 Å². The molecule has 114 valence electrons. The van der Waals surface area contributed by atoms with E-state index in [0.717, 1.165) is 23.9 Å². The number of rotatable bonds is 2. The molecular formula is C13H7Cl2F2N3O2. The van der Waals surface area contributed by atoms with Gasteiger partial charge >= 0.3 is 5.97 Å². The molecule has 0 aliphatic rings. The molecule has 1 aromatic carbocycles. The fourth-order valence-electron chi connectivity index (χ4n) is 1.84. The lowest BCUT2D eigenvalue weighted by Gasteiger charge is -2.12. The molecule has 2 aromatic rings. The van der Waals surface area contributed by atoms with Crippen LogP contribution in [0.25, 0.3) is 5.69 Å². The Morgan fingerprint density at radius 1 is 1.41 bits per heavy atom. The van der Waals surface area contributed by atoms with Crippen molar-refractivity contribution < 1.29 is 18.3 Å². The number of carbonyl (C=O) groups excluding carboxylic acids is 1. The molecule has 0 saturated heterocycles. The summed E-state index contributed by atoms with van der Waals surface area (Å²) in [6, 6.07) is 2.57. The summed E-state index contributed by atoms with van der Waals surface area (Å²) < 4.78 is 33.0. The van der Waals surface area contributed by atoms with E-state index in [-0.39, 0.29) is 22.6 Å². The lowest BCUT2D eigenvalue weighted by Crippen LogP contribution is -2.12. The van der Waals surface area contributed by atoms with Gasteiger partial charge in [-0.3, -0.25) is 0 Å². The average Bonchev–Trinajstić information content (AvgIpc) is 2.84. The quantitative estimate of drug-likeness (QED) is 0.514. The molecular weight excluding hydrogens is 339 g/mol. The van der Waals surface area contributed by atoms with Crippen molar-refractivity contribution in [3.8, 4) is 11.8 Å². The number of nitriles is 1.